The molecule has 1 aromatic rings. The summed E-state index contributed by atoms with van der Waals surface area (Å²) in [5.74, 6) is -3.34. The summed E-state index contributed by atoms with van der Waals surface area (Å²) in [4.78, 5) is 38.9. The van der Waals surface area contributed by atoms with Crippen molar-refractivity contribution in [2.45, 2.75) is 6.92 Å². The third kappa shape index (κ3) is 1.89. The van der Waals surface area contributed by atoms with Gasteiger partial charge in [-0.15, -0.1) is 0 Å². The van der Waals surface area contributed by atoms with E-state index in [4.69, 9.17) is 4.74 Å². The number of ketones is 1. The van der Waals surface area contributed by atoms with Crippen molar-refractivity contribution in [3.05, 3.63) is 23.9 Å². The van der Waals surface area contributed by atoms with Crippen LogP contribution in [0.25, 0.3) is 0 Å². The molecule has 0 bridgehead atoms. The standard InChI is InChI=1S/C11H10N2O4/c1-2-17-11(16)7-8(14)6-4-3-5-12-9(6)13-10(7)15/h3-5,7H,2H2,1H3,(H,12,13,15). The molecule has 2 rings (SSSR count). The largest absolute Gasteiger partial charge is 0.465 e. The number of hydrogen-bond donors (Lipinski definition) is 1. The number of ether oxygens (including phenoxy) is 1. The van der Waals surface area contributed by atoms with Crippen LogP contribution in [-0.4, -0.2) is 29.3 Å². The second kappa shape index (κ2) is 4.32. The Kier molecular flexibility index (Phi) is 2.86. The van der Waals surface area contributed by atoms with Gasteiger partial charge in [-0.3, -0.25) is 14.4 Å². The molecule has 1 aromatic heterocycles. The number of nitrogens with zero attached hydrogens (tertiary/aromatic N) is 1. The second-order valence-electron chi connectivity index (χ2n) is 3.44. The lowest BCUT2D eigenvalue weighted by Gasteiger charge is -2.20. The predicted molar refractivity (Wildman–Crippen MR) is 57.3 cm³/mol. The average molecular weight is 234 g/mol. The van der Waals surface area contributed by atoms with Gasteiger partial charge in [0.15, 0.2) is 11.7 Å². The van der Waals surface area contributed by atoms with E-state index < -0.39 is 23.6 Å². The third-order valence-electron chi connectivity index (χ3n) is 2.36. The molecular weight excluding hydrogens is 224 g/mol. The summed E-state index contributed by atoms with van der Waals surface area (Å²) in [5.41, 5.74) is 0.227. The molecule has 6 heteroatoms. The highest BCUT2D eigenvalue weighted by Gasteiger charge is 2.41. The molecule has 0 saturated heterocycles. The zero-order valence-corrected chi connectivity index (χ0v) is 9.10. The minimum atomic E-state index is -1.42. The van der Waals surface area contributed by atoms with Gasteiger partial charge in [-0.1, -0.05) is 0 Å². The molecule has 17 heavy (non-hydrogen) atoms. The number of pyridine rings is 1. The first-order valence-electron chi connectivity index (χ1n) is 5.12. The summed E-state index contributed by atoms with van der Waals surface area (Å²) in [5, 5.41) is 2.41. The summed E-state index contributed by atoms with van der Waals surface area (Å²) >= 11 is 0. The molecule has 1 aliphatic heterocycles. The molecule has 0 spiro atoms. The highest BCUT2D eigenvalue weighted by Crippen LogP contribution is 2.23. The van der Waals surface area contributed by atoms with Crippen LogP contribution in [0.15, 0.2) is 18.3 Å². The quantitative estimate of drug-likeness (QED) is 0.591. The zero-order valence-electron chi connectivity index (χ0n) is 9.10. The number of nitrogens with one attached hydrogen (secondary N) is 1. The average Bonchev–Trinajstić information content (AvgIpc) is 2.29. The summed E-state index contributed by atoms with van der Waals surface area (Å²) < 4.78 is 4.70. The Hall–Kier alpha value is -2.24. The van der Waals surface area contributed by atoms with Crippen molar-refractivity contribution >= 4 is 23.5 Å². The molecule has 1 aliphatic rings. The Labute approximate surface area is 97.0 Å². The topological polar surface area (TPSA) is 85.4 Å². The number of aromatic nitrogens is 1. The number of rotatable bonds is 2. The van der Waals surface area contributed by atoms with Crippen LogP contribution in [0.5, 0.6) is 0 Å². The maximum absolute atomic E-state index is 11.9. The number of amides is 1. The van der Waals surface area contributed by atoms with Gasteiger partial charge in [0, 0.05) is 6.20 Å². The van der Waals surface area contributed by atoms with Gasteiger partial charge in [0.25, 0.3) is 0 Å². The minimum Gasteiger partial charge on any atom is -0.465 e. The predicted octanol–water partition coefficient (Wildman–Crippen LogP) is 0.396. The summed E-state index contributed by atoms with van der Waals surface area (Å²) in [6.07, 6.45) is 1.46. The maximum Gasteiger partial charge on any atom is 0.326 e. The Bertz CT molecular complexity index is 498. The summed E-state index contributed by atoms with van der Waals surface area (Å²) in [6, 6.07) is 3.08. The van der Waals surface area contributed by atoms with Crippen molar-refractivity contribution < 1.29 is 19.1 Å². The Morgan fingerprint density at radius 1 is 1.53 bits per heavy atom. The van der Waals surface area contributed by atoms with E-state index in [9.17, 15) is 14.4 Å². The van der Waals surface area contributed by atoms with E-state index in [1.807, 2.05) is 0 Å². The van der Waals surface area contributed by atoms with E-state index in [1.54, 1.807) is 13.0 Å². The summed E-state index contributed by atoms with van der Waals surface area (Å²) in [6.45, 7) is 1.73. The lowest BCUT2D eigenvalue weighted by atomic mass is 9.94. The van der Waals surface area contributed by atoms with E-state index in [1.165, 1.54) is 12.3 Å². The normalized spacial score (nSPS) is 18.3. The molecule has 2 heterocycles. The number of Topliss-reactive ketones (excluding diaryl/α,β-unsaturated/α-hetero) is 1. The SMILES string of the molecule is CCOC(=O)C1C(=O)Nc2ncccc2C1=O. The van der Waals surface area contributed by atoms with Crippen LogP contribution in [0, 0.1) is 5.92 Å². The van der Waals surface area contributed by atoms with E-state index in [0.717, 1.165) is 0 Å². The fourth-order valence-corrected chi connectivity index (χ4v) is 1.61. The lowest BCUT2D eigenvalue weighted by Crippen LogP contribution is -2.41. The molecule has 1 unspecified atom stereocenters. The van der Waals surface area contributed by atoms with Crippen molar-refractivity contribution in [2.24, 2.45) is 5.92 Å². The van der Waals surface area contributed by atoms with Crippen molar-refractivity contribution in [3.63, 3.8) is 0 Å². The summed E-state index contributed by atoms with van der Waals surface area (Å²) in [7, 11) is 0. The van der Waals surface area contributed by atoms with E-state index in [-0.39, 0.29) is 18.0 Å². The molecule has 88 valence electrons. The van der Waals surface area contributed by atoms with Gasteiger partial charge < -0.3 is 10.1 Å². The fraction of sp³-hybridized carbons (Fsp3) is 0.273. The molecule has 6 nitrogen and oxygen atoms in total. The van der Waals surface area contributed by atoms with Crippen LogP contribution in [0.3, 0.4) is 0 Å². The van der Waals surface area contributed by atoms with Gasteiger partial charge in [-0.2, -0.15) is 0 Å². The van der Waals surface area contributed by atoms with Crippen molar-refractivity contribution in [1.82, 2.24) is 4.98 Å². The molecule has 0 saturated carbocycles. The number of carbonyl (C=O) groups is 3. The highest BCUT2D eigenvalue weighted by atomic mass is 16.5. The molecule has 1 amide bonds. The van der Waals surface area contributed by atoms with Gasteiger partial charge in [0.05, 0.1) is 12.2 Å². The van der Waals surface area contributed by atoms with Gasteiger partial charge in [-0.05, 0) is 19.1 Å². The second-order valence-corrected chi connectivity index (χ2v) is 3.44. The van der Waals surface area contributed by atoms with Crippen LogP contribution in [-0.2, 0) is 14.3 Å². The highest BCUT2D eigenvalue weighted by molar-refractivity contribution is 6.29. The van der Waals surface area contributed by atoms with Crippen LogP contribution < -0.4 is 5.32 Å². The van der Waals surface area contributed by atoms with Gasteiger partial charge in [0.2, 0.25) is 5.91 Å². The molecule has 0 radical (unpaired) electrons. The molecule has 0 aliphatic carbocycles. The first-order valence-corrected chi connectivity index (χ1v) is 5.12. The molecule has 0 aromatic carbocycles. The van der Waals surface area contributed by atoms with Crippen LogP contribution in [0.4, 0.5) is 5.82 Å². The van der Waals surface area contributed by atoms with Gasteiger partial charge >= 0.3 is 5.97 Å². The Morgan fingerprint density at radius 2 is 2.29 bits per heavy atom. The smallest absolute Gasteiger partial charge is 0.326 e. The van der Waals surface area contributed by atoms with E-state index >= 15 is 0 Å². The number of esters is 1. The van der Waals surface area contributed by atoms with E-state index in [0.29, 0.717) is 0 Å². The molecule has 1 atom stereocenters. The lowest BCUT2D eigenvalue weighted by molar-refractivity contribution is -0.148. The van der Waals surface area contributed by atoms with Crippen LogP contribution in [0.1, 0.15) is 17.3 Å². The van der Waals surface area contributed by atoms with Crippen molar-refractivity contribution in [1.29, 1.82) is 0 Å². The molecule has 1 N–H and O–H groups in total. The minimum absolute atomic E-state index is 0.121. The van der Waals surface area contributed by atoms with Gasteiger partial charge in [0.1, 0.15) is 5.82 Å². The Morgan fingerprint density at radius 3 is 3.00 bits per heavy atom. The zero-order chi connectivity index (χ0) is 12.4. The molecule has 0 fully saturated rings. The first kappa shape index (κ1) is 11.3. The maximum atomic E-state index is 11.9. The Balaban J connectivity index is 2.37. The van der Waals surface area contributed by atoms with E-state index in [2.05, 4.69) is 10.3 Å². The number of hydrogen-bond acceptors (Lipinski definition) is 5. The number of anilines is 1. The number of fused-ring (bicyclic) bond motifs is 1. The molecular formula is C11H10N2O4. The van der Waals surface area contributed by atoms with Crippen LogP contribution >= 0.6 is 0 Å². The monoisotopic (exact) mass is 234 g/mol. The van der Waals surface area contributed by atoms with Gasteiger partial charge in [-0.25, -0.2) is 4.98 Å². The fourth-order valence-electron chi connectivity index (χ4n) is 1.61. The van der Waals surface area contributed by atoms with Crippen molar-refractivity contribution in [3.8, 4) is 0 Å². The third-order valence-corrected chi connectivity index (χ3v) is 2.36. The first-order chi connectivity index (χ1) is 8.15. The van der Waals surface area contributed by atoms with Crippen LogP contribution in [0.2, 0.25) is 0 Å². The number of carbonyl (C=O) groups excluding carboxylic acids is 3. The van der Waals surface area contributed by atoms with Crippen molar-refractivity contribution in [2.75, 3.05) is 11.9 Å².